The molecule has 0 radical (unpaired) electrons. The predicted molar refractivity (Wildman–Crippen MR) is 55.3 cm³/mol. The normalized spacial score (nSPS) is 10.3. The highest BCUT2D eigenvalue weighted by molar-refractivity contribution is 5.36. The Morgan fingerprint density at radius 2 is 2.27 bits per heavy atom. The SMILES string of the molecule is CCNCCc1cccc([N+](=O)[O-])c1F. The van der Waals surface area contributed by atoms with Crippen molar-refractivity contribution in [3.8, 4) is 0 Å². The van der Waals surface area contributed by atoms with Crippen LogP contribution in [-0.2, 0) is 6.42 Å². The Bertz CT molecular complexity index is 355. The summed E-state index contributed by atoms with van der Waals surface area (Å²) in [5.74, 6) is -0.722. The number of hydrogen-bond donors (Lipinski definition) is 1. The van der Waals surface area contributed by atoms with Crippen molar-refractivity contribution in [2.75, 3.05) is 13.1 Å². The van der Waals surface area contributed by atoms with Gasteiger partial charge in [-0.3, -0.25) is 10.1 Å². The van der Waals surface area contributed by atoms with E-state index in [0.717, 1.165) is 6.54 Å². The third kappa shape index (κ3) is 2.99. The molecule has 4 nitrogen and oxygen atoms in total. The lowest BCUT2D eigenvalue weighted by molar-refractivity contribution is -0.387. The maximum atomic E-state index is 13.5. The van der Waals surface area contributed by atoms with Crippen LogP contribution in [0, 0.1) is 15.9 Å². The van der Waals surface area contributed by atoms with Crippen molar-refractivity contribution >= 4 is 5.69 Å². The van der Waals surface area contributed by atoms with E-state index in [1.807, 2.05) is 6.92 Å². The van der Waals surface area contributed by atoms with Gasteiger partial charge in [-0.15, -0.1) is 0 Å². The van der Waals surface area contributed by atoms with Crippen LogP contribution in [0.5, 0.6) is 0 Å². The second kappa shape index (κ2) is 5.41. The van der Waals surface area contributed by atoms with Crippen molar-refractivity contribution < 1.29 is 9.31 Å². The van der Waals surface area contributed by atoms with Crippen molar-refractivity contribution in [3.05, 3.63) is 39.7 Å². The molecule has 0 saturated heterocycles. The maximum Gasteiger partial charge on any atom is 0.305 e. The fourth-order valence-electron chi connectivity index (χ4n) is 1.30. The average molecular weight is 212 g/mol. The first-order chi connectivity index (χ1) is 7.16. The molecule has 0 heterocycles. The maximum absolute atomic E-state index is 13.5. The molecule has 1 N–H and O–H groups in total. The molecule has 0 bridgehead atoms. The van der Waals surface area contributed by atoms with Crippen molar-refractivity contribution in [1.29, 1.82) is 0 Å². The zero-order valence-electron chi connectivity index (χ0n) is 8.50. The molecule has 0 aliphatic carbocycles. The summed E-state index contributed by atoms with van der Waals surface area (Å²) in [6.45, 7) is 3.37. The lowest BCUT2D eigenvalue weighted by atomic mass is 10.1. The summed E-state index contributed by atoms with van der Waals surface area (Å²) < 4.78 is 13.5. The van der Waals surface area contributed by atoms with Crippen molar-refractivity contribution in [1.82, 2.24) is 5.32 Å². The van der Waals surface area contributed by atoms with Crippen LogP contribution in [-0.4, -0.2) is 18.0 Å². The largest absolute Gasteiger partial charge is 0.317 e. The minimum Gasteiger partial charge on any atom is -0.317 e. The topological polar surface area (TPSA) is 55.2 Å². The molecule has 0 atom stereocenters. The summed E-state index contributed by atoms with van der Waals surface area (Å²) in [5, 5.41) is 13.5. The van der Waals surface area contributed by atoms with Crippen molar-refractivity contribution in [3.63, 3.8) is 0 Å². The molecular formula is C10H13FN2O2. The fraction of sp³-hybridized carbons (Fsp3) is 0.400. The number of halogens is 1. The Labute approximate surface area is 87.3 Å². The number of nitrogens with zero attached hydrogens (tertiary/aromatic N) is 1. The standard InChI is InChI=1S/C10H13FN2O2/c1-2-12-7-6-8-4-3-5-9(10(8)11)13(14)15/h3-5,12H,2,6-7H2,1H3. The van der Waals surface area contributed by atoms with Gasteiger partial charge in [0.15, 0.2) is 0 Å². The molecule has 1 aromatic rings. The van der Waals surface area contributed by atoms with Crippen LogP contribution in [0.25, 0.3) is 0 Å². The van der Waals surface area contributed by atoms with Crippen LogP contribution in [0.3, 0.4) is 0 Å². The van der Waals surface area contributed by atoms with Gasteiger partial charge >= 0.3 is 5.69 Å². The molecule has 0 spiro atoms. The van der Waals surface area contributed by atoms with Gasteiger partial charge in [0.05, 0.1) is 4.92 Å². The molecule has 15 heavy (non-hydrogen) atoms. The van der Waals surface area contributed by atoms with Crippen LogP contribution in [0.4, 0.5) is 10.1 Å². The molecule has 0 fully saturated rings. The summed E-state index contributed by atoms with van der Waals surface area (Å²) in [6, 6.07) is 4.24. The Hall–Kier alpha value is -1.49. The number of nitro groups is 1. The number of benzene rings is 1. The summed E-state index contributed by atoms with van der Waals surface area (Å²) in [6.07, 6.45) is 0.460. The molecule has 1 aromatic carbocycles. The van der Waals surface area contributed by atoms with Gasteiger partial charge in [0.2, 0.25) is 5.82 Å². The number of hydrogen-bond acceptors (Lipinski definition) is 3. The summed E-state index contributed by atoms with van der Waals surface area (Å²) in [4.78, 5) is 9.75. The molecule has 0 unspecified atom stereocenters. The van der Waals surface area contributed by atoms with E-state index < -0.39 is 16.4 Å². The van der Waals surface area contributed by atoms with Gasteiger partial charge in [-0.05, 0) is 25.1 Å². The molecule has 0 aliphatic rings. The summed E-state index contributed by atoms with van der Waals surface area (Å²) >= 11 is 0. The predicted octanol–water partition coefficient (Wildman–Crippen LogP) is 1.89. The quantitative estimate of drug-likeness (QED) is 0.460. The molecule has 5 heteroatoms. The number of nitro benzene ring substituents is 1. The van der Waals surface area contributed by atoms with Gasteiger partial charge in [-0.1, -0.05) is 19.1 Å². The highest BCUT2D eigenvalue weighted by atomic mass is 19.1. The van der Waals surface area contributed by atoms with Gasteiger partial charge < -0.3 is 5.32 Å². The lowest BCUT2D eigenvalue weighted by Crippen LogP contribution is -2.16. The van der Waals surface area contributed by atoms with E-state index in [2.05, 4.69) is 5.32 Å². The van der Waals surface area contributed by atoms with Crippen LogP contribution < -0.4 is 5.32 Å². The first-order valence-electron chi connectivity index (χ1n) is 4.79. The molecule has 1 rings (SSSR count). The highest BCUT2D eigenvalue weighted by Crippen LogP contribution is 2.20. The summed E-state index contributed by atoms with van der Waals surface area (Å²) in [7, 11) is 0. The van der Waals surface area contributed by atoms with Gasteiger partial charge in [-0.2, -0.15) is 4.39 Å². The Balaban J connectivity index is 2.80. The molecular weight excluding hydrogens is 199 g/mol. The lowest BCUT2D eigenvalue weighted by Gasteiger charge is -2.03. The fourth-order valence-corrected chi connectivity index (χ4v) is 1.30. The third-order valence-corrected chi connectivity index (χ3v) is 2.08. The van der Waals surface area contributed by atoms with Gasteiger partial charge in [0.25, 0.3) is 0 Å². The van der Waals surface area contributed by atoms with Crippen LogP contribution in [0.1, 0.15) is 12.5 Å². The van der Waals surface area contributed by atoms with Crippen molar-refractivity contribution in [2.24, 2.45) is 0 Å². The van der Waals surface area contributed by atoms with E-state index in [-0.39, 0.29) is 0 Å². The van der Waals surface area contributed by atoms with E-state index in [4.69, 9.17) is 0 Å². The molecule has 82 valence electrons. The van der Waals surface area contributed by atoms with Crippen LogP contribution in [0.2, 0.25) is 0 Å². The first kappa shape index (κ1) is 11.6. The van der Waals surface area contributed by atoms with E-state index >= 15 is 0 Å². The first-order valence-corrected chi connectivity index (χ1v) is 4.79. The van der Waals surface area contributed by atoms with E-state index in [9.17, 15) is 14.5 Å². The van der Waals surface area contributed by atoms with Crippen LogP contribution in [0.15, 0.2) is 18.2 Å². The minimum atomic E-state index is -0.722. The summed E-state index contributed by atoms with van der Waals surface area (Å²) in [5.41, 5.74) is -0.0749. The van der Waals surface area contributed by atoms with E-state index in [1.165, 1.54) is 12.1 Å². The molecule has 0 saturated carbocycles. The van der Waals surface area contributed by atoms with Crippen molar-refractivity contribution in [2.45, 2.75) is 13.3 Å². The monoisotopic (exact) mass is 212 g/mol. The zero-order chi connectivity index (χ0) is 11.3. The average Bonchev–Trinajstić information content (AvgIpc) is 2.20. The second-order valence-corrected chi connectivity index (χ2v) is 3.11. The van der Waals surface area contributed by atoms with E-state index in [1.54, 1.807) is 6.07 Å². The molecule has 0 aromatic heterocycles. The highest BCUT2D eigenvalue weighted by Gasteiger charge is 2.16. The smallest absolute Gasteiger partial charge is 0.305 e. The number of rotatable bonds is 5. The van der Waals surface area contributed by atoms with E-state index in [0.29, 0.717) is 18.5 Å². The Morgan fingerprint density at radius 3 is 2.87 bits per heavy atom. The number of nitrogens with one attached hydrogen (secondary N) is 1. The van der Waals surface area contributed by atoms with Gasteiger partial charge in [0.1, 0.15) is 0 Å². The molecule has 0 aliphatic heterocycles. The number of likely N-dealkylation sites (N-methyl/N-ethyl adjacent to an activating group) is 1. The van der Waals surface area contributed by atoms with Gasteiger partial charge in [0, 0.05) is 6.07 Å². The molecule has 0 amide bonds. The van der Waals surface area contributed by atoms with Crippen LogP contribution >= 0.6 is 0 Å². The second-order valence-electron chi connectivity index (χ2n) is 3.11. The Kier molecular flexibility index (Phi) is 4.17. The minimum absolute atomic E-state index is 0.380. The van der Waals surface area contributed by atoms with Gasteiger partial charge in [-0.25, -0.2) is 0 Å². The Morgan fingerprint density at radius 1 is 1.53 bits per heavy atom. The third-order valence-electron chi connectivity index (χ3n) is 2.08. The zero-order valence-corrected chi connectivity index (χ0v) is 8.50.